The van der Waals surface area contributed by atoms with Crippen LogP contribution in [0, 0.1) is 22.7 Å². The summed E-state index contributed by atoms with van der Waals surface area (Å²) in [5.41, 5.74) is 7.08. The molecule has 0 aliphatic carbocycles. The fraction of sp³-hybridized carbons (Fsp3) is 0. The van der Waals surface area contributed by atoms with Crippen LogP contribution in [0.5, 0.6) is 0 Å². The number of hydrogen-bond acceptors (Lipinski definition) is 4. The van der Waals surface area contributed by atoms with Gasteiger partial charge in [-0.05, 0) is 18.2 Å². The third-order valence-corrected chi connectivity index (χ3v) is 2.27. The van der Waals surface area contributed by atoms with E-state index in [9.17, 15) is 4.79 Å². The SMILES string of the molecule is N#CC(C#N)=C1NC(=O)c2cc(N)ccc21. The lowest BCUT2D eigenvalue weighted by molar-refractivity contribution is 0.0981. The number of carbonyl (C=O) groups excluding carboxylic acids is 1. The van der Waals surface area contributed by atoms with E-state index in [2.05, 4.69) is 5.32 Å². The molecule has 1 aromatic carbocycles. The molecule has 1 aliphatic heterocycles. The summed E-state index contributed by atoms with van der Waals surface area (Å²) in [7, 11) is 0. The van der Waals surface area contributed by atoms with Gasteiger partial charge in [0.25, 0.3) is 5.91 Å². The van der Waals surface area contributed by atoms with Crippen molar-refractivity contribution in [1.82, 2.24) is 5.32 Å². The molecule has 0 radical (unpaired) electrons. The van der Waals surface area contributed by atoms with Crippen molar-refractivity contribution in [2.24, 2.45) is 0 Å². The first-order valence-corrected chi connectivity index (χ1v) is 4.43. The summed E-state index contributed by atoms with van der Waals surface area (Å²) < 4.78 is 0. The molecule has 0 atom stereocenters. The van der Waals surface area contributed by atoms with Crippen LogP contribution in [0.25, 0.3) is 5.70 Å². The highest BCUT2D eigenvalue weighted by molar-refractivity contribution is 6.11. The van der Waals surface area contributed by atoms with Gasteiger partial charge in [-0.3, -0.25) is 4.79 Å². The second kappa shape index (κ2) is 3.41. The number of fused-ring (bicyclic) bond motifs is 1. The average Bonchev–Trinajstić information content (AvgIpc) is 2.58. The van der Waals surface area contributed by atoms with Gasteiger partial charge >= 0.3 is 0 Å². The molecule has 0 saturated carbocycles. The number of amides is 1. The van der Waals surface area contributed by atoms with E-state index in [1.54, 1.807) is 24.3 Å². The number of nitrogen functional groups attached to an aromatic ring is 1. The molecule has 0 fully saturated rings. The van der Waals surface area contributed by atoms with Crippen molar-refractivity contribution in [2.45, 2.75) is 0 Å². The highest BCUT2D eigenvalue weighted by atomic mass is 16.1. The summed E-state index contributed by atoms with van der Waals surface area (Å²) in [5.74, 6) is -0.347. The Balaban J connectivity index is 2.72. The molecular formula is C11H6N4O. The van der Waals surface area contributed by atoms with E-state index in [4.69, 9.17) is 16.3 Å². The second-order valence-corrected chi connectivity index (χ2v) is 3.23. The second-order valence-electron chi connectivity index (χ2n) is 3.23. The van der Waals surface area contributed by atoms with Crippen LogP contribution in [0.3, 0.4) is 0 Å². The molecule has 1 aliphatic rings. The highest BCUT2D eigenvalue weighted by Gasteiger charge is 2.26. The maximum Gasteiger partial charge on any atom is 0.256 e. The molecule has 1 amide bonds. The van der Waals surface area contributed by atoms with Crippen molar-refractivity contribution in [3.8, 4) is 12.1 Å². The van der Waals surface area contributed by atoms with Gasteiger partial charge in [0.05, 0.1) is 11.3 Å². The van der Waals surface area contributed by atoms with Gasteiger partial charge in [0.2, 0.25) is 0 Å². The van der Waals surface area contributed by atoms with Gasteiger partial charge in [0.1, 0.15) is 12.1 Å². The quantitative estimate of drug-likeness (QED) is 0.487. The Labute approximate surface area is 91.4 Å². The molecule has 5 heteroatoms. The Morgan fingerprint density at radius 2 is 1.94 bits per heavy atom. The molecule has 2 rings (SSSR count). The monoisotopic (exact) mass is 210 g/mol. The molecule has 3 N–H and O–H groups in total. The first kappa shape index (κ1) is 9.75. The minimum absolute atomic E-state index is 0.114. The Bertz CT molecular complexity index is 585. The van der Waals surface area contributed by atoms with E-state index in [0.717, 1.165) is 0 Å². The van der Waals surface area contributed by atoms with Crippen LogP contribution < -0.4 is 11.1 Å². The summed E-state index contributed by atoms with van der Waals surface area (Å²) in [5, 5.41) is 20.0. The zero-order valence-corrected chi connectivity index (χ0v) is 8.11. The predicted molar refractivity (Wildman–Crippen MR) is 56.5 cm³/mol. The summed E-state index contributed by atoms with van der Waals surface area (Å²) >= 11 is 0. The predicted octanol–water partition coefficient (Wildman–Crippen LogP) is 0.770. The van der Waals surface area contributed by atoms with Crippen molar-refractivity contribution < 1.29 is 4.79 Å². The summed E-state index contributed by atoms with van der Waals surface area (Å²) in [4.78, 5) is 11.5. The van der Waals surface area contributed by atoms with E-state index in [1.807, 2.05) is 0 Å². The Morgan fingerprint density at radius 3 is 2.56 bits per heavy atom. The molecular weight excluding hydrogens is 204 g/mol. The van der Waals surface area contributed by atoms with Crippen molar-refractivity contribution in [2.75, 3.05) is 5.73 Å². The molecule has 0 bridgehead atoms. The maximum atomic E-state index is 11.5. The molecule has 1 aromatic rings. The van der Waals surface area contributed by atoms with Gasteiger partial charge in [0, 0.05) is 11.3 Å². The summed E-state index contributed by atoms with van der Waals surface area (Å²) in [6, 6.07) is 8.24. The van der Waals surface area contributed by atoms with Gasteiger partial charge in [-0.1, -0.05) is 0 Å². The molecule has 0 saturated heterocycles. The molecule has 0 aromatic heterocycles. The summed E-state index contributed by atoms with van der Waals surface area (Å²) in [6.07, 6.45) is 0. The topological polar surface area (TPSA) is 103 Å². The summed E-state index contributed by atoms with van der Waals surface area (Å²) in [6.45, 7) is 0. The zero-order chi connectivity index (χ0) is 11.7. The van der Waals surface area contributed by atoms with Crippen molar-refractivity contribution >= 4 is 17.3 Å². The fourth-order valence-corrected chi connectivity index (χ4v) is 1.55. The number of rotatable bonds is 0. The number of nitrogens with one attached hydrogen (secondary N) is 1. The van der Waals surface area contributed by atoms with Gasteiger partial charge in [-0.2, -0.15) is 10.5 Å². The van der Waals surface area contributed by atoms with Gasteiger partial charge in [-0.15, -0.1) is 0 Å². The van der Waals surface area contributed by atoms with Crippen LogP contribution >= 0.6 is 0 Å². The van der Waals surface area contributed by atoms with Crippen LogP contribution in [0.15, 0.2) is 23.8 Å². The number of benzene rings is 1. The number of hydrogen-bond donors (Lipinski definition) is 2. The lowest BCUT2D eigenvalue weighted by atomic mass is 10.0. The van der Waals surface area contributed by atoms with Crippen LogP contribution in [-0.4, -0.2) is 5.91 Å². The molecule has 16 heavy (non-hydrogen) atoms. The number of carbonyl (C=O) groups is 1. The van der Waals surface area contributed by atoms with Crippen molar-refractivity contribution in [3.05, 3.63) is 34.9 Å². The molecule has 76 valence electrons. The molecule has 1 heterocycles. The molecule has 0 unspecified atom stereocenters. The zero-order valence-electron chi connectivity index (χ0n) is 8.11. The highest BCUT2D eigenvalue weighted by Crippen LogP contribution is 2.28. The fourth-order valence-electron chi connectivity index (χ4n) is 1.55. The average molecular weight is 210 g/mol. The van der Waals surface area contributed by atoms with E-state index in [0.29, 0.717) is 16.8 Å². The van der Waals surface area contributed by atoms with Crippen molar-refractivity contribution in [3.63, 3.8) is 0 Å². The van der Waals surface area contributed by atoms with E-state index < -0.39 is 0 Å². The normalized spacial score (nSPS) is 12.4. The largest absolute Gasteiger partial charge is 0.399 e. The molecule has 0 spiro atoms. The first-order valence-electron chi connectivity index (χ1n) is 4.43. The third kappa shape index (κ3) is 1.28. The van der Waals surface area contributed by atoms with Gasteiger partial charge in [-0.25, -0.2) is 0 Å². The van der Waals surface area contributed by atoms with E-state index in [-0.39, 0.29) is 17.2 Å². The Kier molecular flexibility index (Phi) is 2.08. The van der Waals surface area contributed by atoms with Gasteiger partial charge in [0.15, 0.2) is 5.57 Å². The van der Waals surface area contributed by atoms with E-state index in [1.165, 1.54) is 6.07 Å². The number of anilines is 1. The minimum atomic E-state index is -0.347. The lowest BCUT2D eigenvalue weighted by Gasteiger charge is -1.99. The Morgan fingerprint density at radius 1 is 1.25 bits per heavy atom. The maximum absolute atomic E-state index is 11.5. The molecule has 5 nitrogen and oxygen atoms in total. The standard InChI is InChI=1S/C11H6N4O/c12-4-6(5-13)10-8-2-1-7(14)3-9(8)11(16)15-10/h1-3H,14H2,(H,15,16). The number of nitrogens with two attached hydrogens (primary N) is 1. The van der Waals surface area contributed by atoms with Crippen LogP contribution in [0.2, 0.25) is 0 Å². The number of nitriles is 2. The van der Waals surface area contributed by atoms with Crippen LogP contribution in [0.1, 0.15) is 15.9 Å². The van der Waals surface area contributed by atoms with Crippen LogP contribution in [-0.2, 0) is 0 Å². The third-order valence-electron chi connectivity index (χ3n) is 2.27. The van der Waals surface area contributed by atoms with Crippen molar-refractivity contribution in [1.29, 1.82) is 10.5 Å². The first-order chi connectivity index (χ1) is 7.67. The Hall–Kier alpha value is -2.79. The number of allylic oxidation sites excluding steroid dienone is 1. The number of nitrogens with zero attached hydrogens (tertiary/aromatic N) is 2. The minimum Gasteiger partial charge on any atom is -0.399 e. The lowest BCUT2D eigenvalue weighted by Crippen LogP contribution is -2.13. The smallest absolute Gasteiger partial charge is 0.256 e. The van der Waals surface area contributed by atoms with Crippen LogP contribution in [0.4, 0.5) is 5.69 Å². The van der Waals surface area contributed by atoms with Gasteiger partial charge < -0.3 is 11.1 Å². The van der Waals surface area contributed by atoms with E-state index >= 15 is 0 Å².